The summed E-state index contributed by atoms with van der Waals surface area (Å²) >= 11 is 0. The van der Waals surface area contributed by atoms with Gasteiger partial charge in [-0.3, -0.25) is 4.79 Å². The van der Waals surface area contributed by atoms with Crippen molar-refractivity contribution in [2.75, 3.05) is 23.3 Å². The highest BCUT2D eigenvalue weighted by molar-refractivity contribution is 5.90. The Morgan fingerprint density at radius 1 is 1.21 bits per heavy atom. The van der Waals surface area contributed by atoms with Crippen molar-refractivity contribution < 1.29 is 9.18 Å². The van der Waals surface area contributed by atoms with Crippen LogP contribution in [0.1, 0.15) is 24.8 Å². The lowest BCUT2D eigenvalue weighted by Crippen LogP contribution is -2.30. The normalized spacial score (nSPS) is 14.4. The molecule has 0 unspecified atom stereocenters. The average Bonchev–Trinajstić information content (AvgIpc) is 2.99. The van der Waals surface area contributed by atoms with E-state index in [1.807, 2.05) is 0 Å². The smallest absolute Gasteiger partial charge is 0.352 e. The number of anilines is 2. The van der Waals surface area contributed by atoms with E-state index < -0.39 is 17.4 Å². The molecule has 0 saturated carbocycles. The predicted molar refractivity (Wildman–Crippen MR) is 103 cm³/mol. The third kappa shape index (κ3) is 3.60. The van der Waals surface area contributed by atoms with Crippen LogP contribution in [0, 0.1) is 12.7 Å². The molecule has 3 aromatic rings. The molecule has 3 heterocycles. The highest BCUT2D eigenvalue weighted by Crippen LogP contribution is 2.17. The maximum absolute atomic E-state index is 13.9. The van der Waals surface area contributed by atoms with Crippen LogP contribution in [-0.4, -0.2) is 38.2 Å². The van der Waals surface area contributed by atoms with Gasteiger partial charge < -0.3 is 10.2 Å². The van der Waals surface area contributed by atoms with Gasteiger partial charge in [0.05, 0.1) is 5.69 Å². The highest BCUT2D eigenvalue weighted by Gasteiger charge is 2.16. The van der Waals surface area contributed by atoms with Crippen LogP contribution in [0.4, 0.5) is 15.9 Å². The Balaban J connectivity index is 1.54. The molecule has 1 fully saturated rings. The van der Waals surface area contributed by atoms with Crippen molar-refractivity contribution in [3.63, 3.8) is 0 Å². The molecule has 1 aliphatic heterocycles. The monoisotopic (exact) mass is 384 g/mol. The highest BCUT2D eigenvalue weighted by atomic mass is 19.1. The molecule has 0 aliphatic carbocycles. The fourth-order valence-corrected chi connectivity index (χ4v) is 3.35. The van der Waals surface area contributed by atoms with Gasteiger partial charge in [-0.1, -0.05) is 6.07 Å². The number of nitrogens with zero attached hydrogens (tertiary/aromatic N) is 5. The lowest BCUT2D eigenvalue weighted by atomic mass is 10.1. The molecule has 1 N–H and O–H groups in total. The van der Waals surface area contributed by atoms with Gasteiger partial charge in [0, 0.05) is 19.3 Å². The lowest BCUT2D eigenvalue weighted by molar-refractivity contribution is -0.117. The number of hydrogen-bond acceptors (Lipinski definition) is 5. The van der Waals surface area contributed by atoms with E-state index in [0.29, 0.717) is 0 Å². The second-order valence-corrected chi connectivity index (χ2v) is 6.98. The topological polar surface area (TPSA) is 84.5 Å². The summed E-state index contributed by atoms with van der Waals surface area (Å²) in [4.78, 5) is 31.3. The molecule has 4 rings (SSSR count). The number of amides is 1. The molecule has 1 amide bonds. The van der Waals surface area contributed by atoms with Crippen LogP contribution in [0.5, 0.6) is 0 Å². The Labute approximate surface area is 160 Å². The minimum Gasteiger partial charge on any atom is -0.356 e. The number of nitrogens with one attached hydrogen (secondary N) is 1. The number of hydrogen-bond donors (Lipinski definition) is 1. The molecular formula is C19H21FN6O2. The van der Waals surface area contributed by atoms with Crippen molar-refractivity contribution in [1.82, 2.24) is 19.2 Å². The standard InChI is InChI=1S/C19H21FN6O2/c1-13-5-6-15(14(20)11-13)21-17(27)12-26-19(28)25-10-7-16(22-18(25)23-26)24-8-3-2-4-9-24/h5-7,10-11H,2-4,8-9,12H2,1H3,(H,21,27). The zero-order chi connectivity index (χ0) is 19.7. The number of aryl methyl sites for hydroxylation is 1. The fraction of sp³-hybridized carbons (Fsp3) is 0.368. The van der Waals surface area contributed by atoms with E-state index in [1.54, 1.807) is 25.3 Å². The summed E-state index contributed by atoms with van der Waals surface area (Å²) < 4.78 is 16.2. The first-order valence-electron chi connectivity index (χ1n) is 9.28. The van der Waals surface area contributed by atoms with Gasteiger partial charge in [-0.2, -0.15) is 4.98 Å². The van der Waals surface area contributed by atoms with Crippen LogP contribution in [0.15, 0.2) is 35.3 Å². The van der Waals surface area contributed by atoms with Gasteiger partial charge in [0.1, 0.15) is 18.2 Å². The van der Waals surface area contributed by atoms with Gasteiger partial charge in [0.2, 0.25) is 5.91 Å². The largest absolute Gasteiger partial charge is 0.356 e. The summed E-state index contributed by atoms with van der Waals surface area (Å²) in [5, 5.41) is 6.63. The van der Waals surface area contributed by atoms with Crippen LogP contribution in [-0.2, 0) is 11.3 Å². The van der Waals surface area contributed by atoms with Crippen LogP contribution in [0.2, 0.25) is 0 Å². The van der Waals surface area contributed by atoms with Gasteiger partial charge in [-0.05, 0) is 49.9 Å². The number of rotatable bonds is 4. The average molecular weight is 384 g/mol. The summed E-state index contributed by atoms with van der Waals surface area (Å²) in [7, 11) is 0. The zero-order valence-corrected chi connectivity index (χ0v) is 15.6. The van der Waals surface area contributed by atoms with Gasteiger partial charge in [0.15, 0.2) is 0 Å². The molecule has 2 aromatic heterocycles. The van der Waals surface area contributed by atoms with Gasteiger partial charge >= 0.3 is 5.69 Å². The number of carbonyl (C=O) groups excluding carboxylic acids is 1. The van der Waals surface area contributed by atoms with Crippen LogP contribution >= 0.6 is 0 Å². The third-order valence-electron chi connectivity index (χ3n) is 4.81. The van der Waals surface area contributed by atoms with E-state index in [2.05, 4.69) is 20.3 Å². The molecule has 8 nitrogen and oxygen atoms in total. The second-order valence-electron chi connectivity index (χ2n) is 6.98. The summed E-state index contributed by atoms with van der Waals surface area (Å²) in [6.45, 7) is 3.29. The Morgan fingerprint density at radius 3 is 2.75 bits per heavy atom. The van der Waals surface area contributed by atoms with Crippen molar-refractivity contribution in [2.24, 2.45) is 0 Å². The summed E-state index contributed by atoms with van der Waals surface area (Å²) in [5.74, 6) is -0.0500. The number of carbonyl (C=O) groups is 1. The molecule has 1 saturated heterocycles. The minimum atomic E-state index is -0.537. The van der Waals surface area contributed by atoms with E-state index in [9.17, 15) is 14.0 Å². The molecule has 0 radical (unpaired) electrons. The maximum Gasteiger partial charge on any atom is 0.352 e. The molecular weight excluding hydrogens is 363 g/mol. The number of benzene rings is 1. The molecule has 146 valence electrons. The van der Waals surface area contributed by atoms with Crippen LogP contribution in [0.25, 0.3) is 5.78 Å². The van der Waals surface area contributed by atoms with Gasteiger partial charge in [-0.15, -0.1) is 5.10 Å². The minimum absolute atomic E-state index is 0.0675. The number of piperidine rings is 1. The summed E-state index contributed by atoms with van der Waals surface area (Å²) in [6, 6.07) is 6.30. The molecule has 0 atom stereocenters. The Morgan fingerprint density at radius 2 is 2.00 bits per heavy atom. The molecule has 1 aromatic carbocycles. The maximum atomic E-state index is 13.9. The Bertz CT molecular complexity index is 1080. The molecule has 0 bridgehead atoms. The summed E-state index contributed by atoms with van der Waals surface area (Å²) in [6.07, 6.45) is 5.06. The second kappa shape index (κ2) is 7.41. The lowest BCUT2D eigenvalue weighted by Gasteiger charge is -2.27. The Hall–Kier alpha value is -3.23. The zero-order valence-electron chi connectivity index (χ0n) is 15.6. The van der Waals surface area contributed by atoms with E-state index in [0.717, 1.165) is 42.0 Å². The van der Waals surface area contributed by atoms with E-state index in [4.69, 9.17) is 0 Å². The van der Waals surface area contributed by atoms with Crippen LogP contribution in [0.3, 0.4) is 0 Å². The Kier molecular flexibility index (Phi) is 4.81. The first-order chi connectivity index (χ1) is 13.5. The van der Waals surface area contributed by atoms with Crippen LogP contribution < -0.4 is 15.9 Å². The first-order valence-corrected chi connectivity index (χ1v) is 9.28. The van der Waals surface area contributed by atoms with Crippen molar-refractivity contribution in [2.45, 2.75) is 32.7 Å². The molecule has 1 aliphatic rings. The van der Waals surface area contributed by atoms with E-state index >= 15 is 0 Å². The number of halogens is 1. The summed E-state index contributed by atoms with van der Waals surface area (Å²) in [5.41, 5.74) is 0.354. The first kappa shape index (κ1) is 18.1. The van der Waals surface area contributed by atoms with E-state index in [1.165, 1.54) is 23.0 Å². The molecule has 9 heteroatoms. The van der Waals surface area contributed by atoms with Crippen molar-refractivity contribution in [1.29, 1.82) is 0 Å². The van der Waals surface area contributed by atoms with Crippen molar-refractivity contribution in [3.8, 4) is 0 Å². The number of fused-ring (bicyclic) bond motifs is 1. The third-order valence-corrected chi connectivity index (χ3v) is 4.81. The quantitative estimate of drug-likeness (QED) is 0.743. The fourth-order valence-electron chi connectivity index (χ4n) is 3.35. The number of aromatic nitrogens is 4. The van der Waals surface area contributed by atoms with Gasteiger partial charge in [-0.25, -0.2) is 18.3 Å². The molecule has 28 heavy (non-hydrogen) atoms. The van der Waals surface area contributed by atoms with Crippen molar-refractivity contribution in [3.05, 3.63) is 52.3 Å². The predicted octanol–water partition coefficient (Wildman–Crippen LogP) is 1.97. The van der Waals surface area contributed by atoms with Crippen molar-refractivity contribution >= 4 is 23.2 Å². The molecule has 0 spiro atoms. The SMILES string of the molecule is Cc1ccc(NC(=O)Cn2nc3nc(N4CCCCC4)ccn3c2=O)c(F)c1. The van der Waals surface area contributed by atoms with Gasteiger partial charge in [0.25, 0.3) is 5.78 Å². The van der Waals surface area contributed by atoms with E-state index in [-0.39, 0.29) is 18.0 Å².